The second kappa shape index (κ2) is 8.93. The van der Waals surface area contributed by atoms with Crippen LogP contribution in [-0.2, 0) is 13.0 Å². The molecule has 0 heterocycles. The third-order valence-corrected chi connectivity index (χ3v) is 6.12. The van der Waals surface area contributed by atoms with Crippen molar-refractivity contribution in [3.8, 4) is 11.5 Å². The van der Waals surface area contributed by atoms with Crippen molar-refractivity contribution in [3.63, 3.8) is 0 Å². The minimum atomic E-state index is -0.171. The van der Waals surface area contributed by atoms with E-state index >= 15 is 0 Å². The first kappa shape index (κ1) is 20.1. The monoisotopic (exact) mass is 348 g/mol. The summed E-state index contributed by atoms with van der Waals surface area (Å²) in [6, 6.07) is 1.80. The zero-order valence-corrected chi connectivity index (χ0v) is 16.4. The Kier molecular flexibility index (Phi) is 7.18. The Morgan fingerprint density at radius 1 is 1.16 bits per heavy atom. The number of benzene rings is 1. The second-order valence-corrected chi connectivity index (χ2v) is 8.34. The van der Waals surface area contributed by atoms with Crippen LogP contribution in [0.4, 0.5) is 0 Å². The Morgan fingerprint density at radius 2 is 1.88 bits per heavy atom. The van der Waals surface area contributed by atoms with E-state index in [1.54, 1.807) is 6.07 Å². The molecule has 1 fully saturated rings. The first-order valence-electron chi connectivity index (χ1n) is 10.1. The fourth-order valence-corrected chi connectivity index (χ4v) is 4.63. The summed E-state index contributed by atoms with van der Waals surface area (Å²) in [6.45, 7) is 8.70. The number of hydrogen-bond acceptors (Lipinski definition) is 3. The van der Waals surface area contributed by atoms with Gasteiger partial charge in [-0.25, -0.2) is 0 Å². The lowest BCUT2D eigenvalue weighted by Crippen LogP contribution is -2.26. The highest BCUT2D eigenvalue weighted by atomic mass is 16.3. The van der Waals surface area contributed by atoms with Crippen LogP contribution in [0.3, 0.4) is 0 Å². The molecular weight excluding hydrogens is 312 g/mol. The SMILES string of the molecule is CCCCCc1cc(O)c([C@@H]2CC(C)CC[C@H]2C(C)C)c(O)c1CO. The Labute approximate surface area is 153 Å². The van der Waals surface area contributed by atoms with E-state index in [0.717, 1.165) is 44.1 Å². The van der Waals surface area contributed by atoms with E-state index in [1.807, 2.05) is 0 Å². The van der Waals surface area contributed by atoms with Crippen LogP contribution >= 0.6 is 0 Å². The minimum absolute atomic E-state index is 0.138. The van der Waals surface area contributed by atoms with E-state index in [9.17, 15) is 15.3 Å². The number of phenolic OH excluding ortho intramolecular Hbond substituents is 1. The van der Waals surface area contributed by atoms with Gasteiger partial charge in [0.2, 0.25) is 0 Å². The van der Waals surface area contributed by atoms with Crippen LogP contribution in [0, 0.1) is 17.8 Å². The van der Waals surface area contributed by atoms with Crippen LogP contribution < -0.4 is 0 Å². The molecule has 0 amide bonds. The Balaban J connectivity index is 2.42. The zero-order chi connectivity index (χ0) is 18.6. The van der Waals surface area contributed by atoms with E-state index in [2.05, 4.69) is 27.7 Å². The van der Waals surface area contributed by atoms with E-state index < -0.39 is 0 Å². The minimum Gasteiger partial charge on any atom is -0.508 e. The normalized spacial score (nSPS) is 24.0. The lowest BCUT2D eigenvalue weighted by Gasteiger charge is -2.38. The lowest BCUT2D eigenvalue weighted by molar-refractivity contribution is 0.191. The molecule has 3 atom stereocenters. The molecule has 3 N–H and O–H groups in total. The molecule has 142 valence electrons. The molecule has 2 rings (SSSR count). The number of aromatic hydroxyl groups is 2. The summed E-state index contributed by atoms with van der Waals surface area (Å²) < 4.78 is 0. The van der Waals surface area contributed by atoms with Crippen LogP contribution in [0.1, 0.15) is 88.8 Å². The van der Waals surface area contributed by atoms with Gasteiger partial charge in [-0.3, -0.25) is 0 Å². The third-order valence-electron chi connectivity index (χ3n) is 6.12. The van der Waals surface area contributed by atoms with Crippen molar-refractivity contribution in [1.82, 2.24) is 0 Å². The summed E-state index contributed by atoms with van der Waals surface area (Å²) in [5.41, 5.74) is 2.18. The summed E-state index contributed by atoms with van der Waals surface area (Å²) in [6.07, 6.45) is 7.38. The number of rotatable bonds is 7. The zero-order valence-electron chi connectivity index (χ0n) is 16.4. The van der Waals surface area contributed by atoms with Crippen molar-refractivity contribution in [2.45, 2.75) is 85.2 Å². The molecule has 25 heavy (non-hydrogen) atoms. The van der Waals surface area contributed by atoms with Crippen molar-refractivity contribution in [2.24, 2.45) is 17.8 Å². The molecule has 0 spiro atoms. The highest BCUT2D eigenvalue weighted by Crippen LogP contribution is 2.50. The maximum Gasteiger partial charge on any atom is 0.128 e. The van der Waals surface area contributed by atoms with Gasteiger partial charge in [-0.2, -0.15) is 0 Å². The van der Waals surface area contributed by atoms with Crippen molar-refractivity contribution in [3.05, 3.63) is 22.8 Å². The molecule has 0 radical (unpaired) electrons. The smallest absolute Gasteiger partial charge is 0.128 e. The molecule has 1 aliphatic carbocycles. The van der Waals surface area contributed by atoms with Gasteiger partial charge >= 0.3 is 0 Å². The molecule has 1 aromatic carbocycles. The van der Waals surface area contributed by atoms with Gasteiger partial charge in [-0.05, 0) is 61.0 Å². The average Bonchev–Trinajstić information content (AvgIpc) is 2.55. The van der Waals surface area contributed by atoms with Crippen molar-refractivity contribution in [2.75, 3.05) is 0 Å². The first-order chi connectivity index (χ1) is 11.9. The molecular formula is C22H36O3. The molecule has 1 unspecified atom stereocenters. The van der Waals surface area contributed by atoms with Gasteiger partial charge in [0.05, 0.1) is 6.61 Å². The van der Waals surface area contributed by atoms with Gasteiger partial charge in [0.25, 0.3) is 0 Å². The van der Waals surface area contributed by atoms with Crippen LogP contribution in [0.15, 0.2) is 6.07 Å². The van der Waals surface area contributed by atoms with Gasteiger partial charge in [-0.1, -0.05) is 47.0 Å². The van der Waals surface area contributed by atoms with Crippen molar-refractivity contribution in [1.29, 1.82) is 0 Å². The van der Waals surface area contributed by atoms with Crippen LogP contribution in [-0.4, -0.2) is 15.3 Å². The van der Waals surface area contributed by atoms with Crippen molar-refractivity contribution >= 4 is 0 Å². The quantitative estimate of drug-likeness (QED) is 0.570. The van der Waals surface area contributed by atoms with Gasteiger partial charge < -0.3 is 15.3 Å². The molecule has 0 aromatic heterocycles. The second-order valence-electron chi connectivity index (χ2n) is 8.34. The molecule has 3 heteroatoms. The Bertz CT molecular complexity index is 565. The largest absolute Gasteiger partial charge is 0.508 e. The number of hydrogen-bond donors (Lipinski definition) is 3. The maximum absolute atomic E-state index is 10.9. The molecule has 0 aliphatic heterocycles. The average molecular weight is 349 g/mol. The van der Waals surface area contributed by atoms with E-state index in [0.29, 0.717) is 28.9 Å². The number of aliphatic hydroxyl groups is 1. The fourth-order valence-electron chi connectivity index (χ4n) is 4.63. The molecule has 1 aromatic rings. The third kappa shape index (κ3) is 4.49. The number of unbranched alkanes of at least 4 members (excludes halogenated alkanes) is 2. The highest BCUT2D eigenvalue weighted by Gasteiger charge is 2.35. The van der Waals surface area contributed by atoms with Crippen LogP contribution in [0.5, 0.6) is 11.5 Å². The lowest BCUT2D eigenvalue weighted by atomic mass is 9.67. The fraction of sp³-hybridized carbons (Fsp3) is 0.727. The summed E-state index contributed by atoms with van der Waals surface area (Å²) in [5, 5.41) is 31.5. The summed E-state index contributed by atoms with van der Waals surface area (Å²) >= 11 is 0. The first-order valence-corrected chi connectivity index (χ1v) is 10.1. The summed E-state index contributed by atoms with van der Waals surface area (Å²) in [5.74, 6) is 2.09. The Hall–Kier alpha value is -1.22. The molecule has 0 saturated heterocycles. The van der Waals surface area contributed by atoms with E-state index in [1.165, 1.54) is 6.42 Å². The molecule has 3 nitrogen and oxygen atoms in total. The predicted octanol–water partition coefficient (Wildman–Crippen LogP) is 5.50. The van der Waals surface area contributed by atoms with Crippen LogP contribution in [0.25, 0.3) is 0 Å². The standard InChI is InChI=1S/C22H36O3/c1-5-6-7-8-16-12-20(24)21(22(25)19(16)13-23)18-11-15(4)9-10-17(18)14(2)3/h12,14-15,17-18,23-25H,5-11,13H2,1-4H3/t15?,17-,18+/m0/s1. The molecule has 1 aliphatic rings. The number of aliphatic hydroxyl groups excluding tert-OH is 1. The number of aryl methyl sites for hydroxylation is 1. The highest BCUT2D eigenvalue weighted by molar-refractivity contribution is 5.55. The van der Waals surface area contributed by atoms with Crippen LogP contribution in [0.2, 0.25) is 0 Å². The van der Waals surface area contributed by atoms with E-state index in [4.69, 9.17) is 0 Å². The Morgan fingerprint density at radius 3 is 2.48 bits per heavy atom. The van der Waals surface area contributed by atoms with Gasteiger partial charge in [0.1, 0.15) is 11.5 Å². The molecule has 0 bridgehead atoms. The topological polar surface area (TPSA) is 60.7 Å². The molecule has 1 saturated carbocycles. The van der Waals surface area contributed by atoms with E-state index in [-0.39, 0.29) is 24.0 Å². The van der Waals surface area contributed by atoms with Crippen molar-refractivity contribution < 1.29 is 15.3 Å². The maximum atomic E-state index is 10.9. The summed E-state index contributed by atoms with van der Waals surface area (Å²) in [4.78, 5) is 0. The summed E-state index contributed by atoms with van der Waals surface area (Å²) in [7, 11) is 0. The predicted molar refractivity (Wildman–Crippen MR) is 103 cm³/mol. The van der Waals surface area contributed by atoms with Gasteiger partial charge in [-0.15, -0.1) is 0 Å². The van der Waals surface area contributed by atoms with Gasteiger partial charge in [0.15, 0.2) is 0 Å². The number of phenols is 2. The van der Waals surface area contributed by atoms with Gasteiger partial charge in [0, 0.05) is 11.1 Å².